The number of anilines is 3. The van der Waals surface area contributed by atoms with Gasteiger partial charge in [-0.2, -0.15) is 10.4 Å². The SMILES string of the molecule is COC(C)Cn1nc(C)cc1Nc1nccc(-c2cc(C#N)c3c(c2)[C@@](C)(CO)CN3)n1. The first-order valence-corrected chi connectivity index (χ1v) is 10.5. The number of aliphatic hydroxyl groups is 1. The predicted octanol–water partition coefficient (Wildman–Crippen LogP) is 2.97. The molecule has 3 heterocycles. The average Bonchev–Trinajstić information content (AvgIpc) is 3.32. The Balaban J connectivity index is 1.68. The summed E-state index contributed by atoms with van der Waals surface area (Å²) < 4.78 is 7.20. The minimum absolute atomic E-state index is 0.00682. The molecule has 2 aromatic heterocycles. The van der Waals surface area contributed by atoms with Gasteiger partial charge < -0.3 is 20.5 Å². The van der Waals surface area contributed by atoms with E-state index in [4.69, 9.17) is 4.74 Å². The minimum atomic E-state index is -0.451. The van der Waals surface area contributed by atoms with Gasteiger partial charge in [0.05, 0.1) is 41.9 Å². The standard InChI is InChI=1S/C23H27N7O2/c1-14-7-20(30(29-14)11-15(2)32-4)28-22-25-6-5-19(27-22)16-8-17(10-24)21-18(9-16)23(3,13-31)12-26-21/h5-9,15,26,31H,11-13H2,1-4H3,(H,25,27,28)/t15?,23-/m1/s1. The lowest BCUT2D eigenvalue weighted by atomic mass is 9.83. The highest BCUT2D eigenvalue weighted by Crippen LogP contribution is 2.41. The van der Waals surface area contributed by atoms with Crippen LogP contribution < -0.4 is 10.6 Å². The van der Waals surface area contributed by atoms with Crippen molar-refractivity contribution in [1.82, 2.24) is 19.7 Å². The van der Waals surface area contributed by atoms with Gasteiger partial charge in [-0.15, -0.1) is 0 Å². The molecule has 0 saturated heterocycles. The lowest BCUT2D eigenvalue weighted by Crippen LogP contribution is -2.28. The second-order valence-corrected chi connectivity index (χ2v) is 8.42. The van der Waals surface area contributed by atoms with E-state index in [1.54, 1.807) is 13.3 Å². The quantitative estimate of drug-likeness (QED) is 0.520. The summed E-state index contributed by atoms with van der Waals surface area (Å²) in [6.45, 7) is 7.05. The smallest absolute Gasteiger partial charge is 0.228 e. The summed E-state index contributed by atoms with van der Waals surface area (Å²) in [4.78, 5) is 9.03. The van der Waals surface area contributed by atoms with Gasteiger partial charge >= 0.3 is 0 Å². The van der Waals surface area contributed by atoms with Crippen LogP contribution in [0.3, 0.4) is 0 Å². The van der Waals surface area contributed by atoms with Crippen LogP contribution in [-0.2, 0) is 16.7 Å². The number of hydrogen-bond acceptors (Lipinski definition) is 8. The first kappa shape index (κ1) is 21.7. The van der Waals surface area contributed by atoms with Gasteiger partial charge in [0, 0.05) is 36.9 Å². The molecule has 0 radical (unpaired) electrons. The zero-order chi connectivity index (χ0) is 22.9. The summed E-state index contributed by atoms with van der Waals surface area (Å²) in [6.07, 6.45) is 1.69. The number of rotatable bonds is 7. The Morgan fingerprint density at radius 1 is 1.41 bits per heavy atom. The van der Waals surface area contributed by atoms with Crippen LogP contribution in [0.4, 0.5) is 17.5 Å². The van der Waals surface area contributed by atoms with Crippen LogP contribution in [0.1, 0.15) is 30.7 Å². The number of fused-ring (bicyclic) bond motifs is 1. The molecule has 2 atom stereocenters. The lowest BCUT2D eigenvalue weighted by molar-refractivity contribution is 0.100. The first-order valence-electron chi connectivity index (χ1n) is 10.5. The summed E-state index contributed by atoms with van der Waals surface area (Å²) >= 11 is 0. The van der Waals surface area contributed by atoms with Crippen molar-refractivity contribution in [3.63, 3.8) is 0 Å². The molecule has 0 spiro atoms. The third-order valence-electron chi connectivity index (χ3n) is 5.84. The van der Waals surface area contributed by atoms with Crippen LogP contribution in [0.25, 0.3) is 11.3 Å². The van der Waals surface area contributed by atoms with Crippen molar-refractivity contribution in [3.05, 3.63) is 47.3 Å². The fourth-order valence-corrected chi connectivity index (χ4v) is 3.86. The summed E-state index contributed by atoms with van der Waals surface area (Å²) in [7, 11) is 1.67. The average molecular weight is 434 g/mol. The van der Waals surface area contributed by atoms with Crippen molar-refractivity contribution in [1.29, 1.82) is 5.26 Å². The maximum atomic E-state index is 9.94. The van der Waals surface area contributed by atoms with Crippen molar-refractivity contribution in [3.8, 4) is 17.3 Å². The number of hydrogen-bond donors (Lipinski definition) is 3. The van der Waals surface area contributed by atoms with E-state index < -0.39 is 5.41 Å². The van der Waals surface area contributed by atoms with Crippen molar-refractivity contribution in [2.45, 2.75) is 38.8 Å². The largest absolute Gasteiger partial charge is 0.395 e. The van der Waals surface area contributed by atoms with Gasteiger partial charge in [0.25, 0.3) is 0 Å². The molecule has 1 unspecified atom stereocenters. The molecule has 9 nitrogen and oxygen atoms in total. The monoisotopic (exact) mass is 433 g/mol. The molecular formula is C23H27N7O2. The molecule has 0 amide bonds. The van der Waals surface area contributed by atoms with Crippen LogP contribution in [-0.4, -0.2) is 51.2 Å². The van der Waals surface area contributed by atoms with Crippen LogP contribution in [0, 0.1) is 18.3 Å². The molecule has 3 aromatic rings. The molecule has 166 valence electrons. The summed E-state index contributed by atoms with van der Waals surface area (Å²) in [6, 6.07) is 9.81. The Labute approximate surface area is 187 Å². The van der Waals surface area contributed by atoms with E-state index in [-0.39, 0.29) is 12.7 Å². The number of ether oxygens (including phenoxy) is 1. The molecule has 1 aliphatic heterocycles. The van der Waals surface area contributed by atoms with E-state index in [2.05, 4.69) is 31.8 Å². The molecule has 1 aromatic carbocycles. The number of nitriles is 1. The summed E-state index contributed by atoms with van der Waals surface area (Å²) in [5.41, 5.74) is 4.14. The Bertz CT molecular complexity index is 1180. The maximum absolute atomic E-state index is 9.94. The number of aromatic nitrogens is 4. The van der Waals surface area contributed by atoms with E-state index in [0.717, 1.165) is 28.3 Å². The Morgan fingerprint density at radius 2 is 2.22 bits per heavy atom. The number of methoxy groups -OCH3 is 1. The van der Waals surface area contributed by atoms with E-state index >= 15 is 0 Å². The van der Waals surface area contributed by atoms with Crippen molar-refractivity contribution in [2.24, 2.45) is 0 Å². The van der Waals surface area contributed by atoms with Crippen LogP contribution >= 0.6 is 0 Å². The Hall–Kier alpha value is -3.48. The van der Waals surface area contributed by atoms with Gasteiger partial charge in [0.15, 0.2) is 0 Å². The van der Waals surface area contributed by atoms with Gasteiger partial charge in [0.2, 0.25) is 5.95 Å². The number of benzene rings is 1. The Morgan fingerprint density at radius 3 is 2.94 bits per heavy atom. The minimum Gasteiger partial charge on any atom is -0.395 e. The molecule has 4 rings (SSSR count). The van der Waals surface area contributed by atoms with Crippen molar-refractivity contribution in [2.75, 3.05) is 30.9 Å². The van der Waals surface area contributed by atoms with Crippen molar-refractivity contribution < 1.29 is 9.84 Å². The second-order valence-electron chi connectivity index (χ2n) is 8.42. The van der Waals surface area contributed by atoms with Gasteiger partial charge in [0.1, 0.15) is 11.9 Å². The fourth-order valence-electron chi connectivity index (χ4n) is 3.86. The number of aryl methyl sites for hydroxylation is 1. The maximum Gasteiger partial charge on any atom is 0.228 e. The van der Waals surface area contributed by atoms with E-state index in [1.165, 1.54) is 0 Å². The highest BCUT2D eigenvalue weighted by molar-refractivity contribution is 5.76. The zero-order valence-electron chi connectivity index (χ0n) is 18.7. The molecule has 0 saturated carbocycles. The van der Waals surface area contributed by atoms with Crippen LogP contribution in [0.2, 0.25) is 0 Å². The van der Waals surface area contributed by atoms with Gasteiger partial charge in [-0.05, 0) is 37.6 Å². The topological polar surface area (TPSA) is 121 Å². The van der Waals surface area contributed by atoms with Crippen LogP contribution in [0.5, 0.6) is 0 Å². The highest BCUT2D eigenvalue weighted by Gasteiger charge is 2.36. The normalized spacial score (nSPS) is 18.0. The van der Waals surface area contributed by atoms with Gasteiger partial charge in [-0.3, -0.25) is 0 Å². The first-order chi connectivity index (χ1) is 15.4. The molecule has 32 heavy (non-hydrogen) atoms. The third kappa shape index (κ3) is 4.02. The van der Waals surface area contributed by atoms with E-state index in [1.807, 2.05) is 49.7 Å². The summed E-state index contributed by atoms with van der Waals surface area (Å²) in [5, 5.41) is 30.6. The van der Waals surface area contributed by atoms with Crippen LogP contribution in [0.15, 0.2) is 30.5 Å². The van der Waals surface area contributed by atoms with Gasteiger partial charge in [-0.1, -0.05) is 6.92 Å². The molecule has 3 N–H and O–H groups in total. The fraction of sp³-hybridized carbons (Fsp3) is 0.391. The zero-order valence-corrected chi connectivity index (χ0v) is 18.7. The lowest BCUT2D eigenvalue weighted by Gasteiger charge is -2.21. The van der Waals surface area contributed by atoms with E-state index in [0.29, 0.717) is 30.3 Å². The number of aliphatic hydroxyl groups excluding tert-OH is 1. The number of nitrogens with one attached hydrogen (secondary N) is 2. The molecule has 9 heteroatoms. The Kier molecular flexibility index (Phi) is 5.82. The molecule has 0 fully saturated rings. The van der Waals surface area contributed by atoms with Gasteiger partial charge in [-0.25, -0.2) is 14.6 Å². The molecular weight excluding hydrogens is 406 g/mol. The summed E-state index contributed by atoms with van der Waals surface area (Å²) in [5.74, 6) is 1.20. The third-order valence-corrected chi connectivity index (χ3v) is 5.84. The second kappa shape index (κ2) is 8.57. The van der Waals surface area contributed by atoms with E-state index in [9.17, 15) is 10.4 Å². The van der Waals surface area contributed by atoms with Crippen molar-refractivity contribution >= 4 is 17.5 Å². The predicted molar refractivity (Wildman–Crippen MR) is 122 cm³/mol. The number of nitrogens with zero attached hydrogens (tertiary/aromatic N) is 5. The molecule has 0 bridgehead atoms. The highest BCUT2D eigenvalue weighted by atomic mass is 16.5. The molecule has 1 aliphatic rings. The molecule has 0 aliphatic carbocycles.